The van der Waals surface area contributed by atoms with Gasteiger partial charge in [-0.15, -0.1) is 0 Å². The molecule has 0 N–H and O–H groups in total. The first-order valence-corrected chi connectivity index (χ1v) is 4.11. The number of aromatic nitrogens is 1. The van der Waals surface area contributed by atoms with Crippen molar-refractivity contribution in [3.63, 3.8) is 0 Å². The molecular formula is C10H8ClNO. The lowest BCUT2D eigenvalue weighted by atomic mass is 10.2. The highest BCUT2D eigenvalue weighted by atomic mass is 35.5. The number of hydrogen-bond acceptors (Lipinski definition) is 2. The van der Waals surface area contributed by atoms with Crippen LogP contribution in [-0.4, -0.2) is 11.3 Å². The molecule has 0 aliphatic carbocycles. The molecule has 13 heavy (non-hydrogen) atoms. The Balaban J connectivity index is 2.64. The van der Waals surface area contributed by atoms with Crippen molar-refractivity contribution in [2.24, 2.45) is 0 Å². The molecule has 1 aromatic heterocycles. The molecule has 0 bridgehead atoms. The van der Waals surface area contributed by atoms with Gasteiger partial charge in [0.05, 0.1) is 0 Å². The van der Waals surface area contributed by atoms with Crippen LogP contribution in [0.5, 0.6) is 0 Å². The average molecular weight is 194 g/mol. The lowest BCUT2D eigenvalue weighted by Gasteiger charge is -1.90. The smallest absolute Gasteiger partial charge is 0.142 e. The first kappa shape index (κ1) is 9.68. The summed E-state index contributed by atoms with van der Waals surface area (Å²) in [6, 6.07) is 3.56. The van der Waals surface area contributed by atoms with Crippen molar-refractivity contribution in [1.29, 1.82) is 0 Å². The van der Waals surface area contributed by atoms with Crippen LogP contribution >= 0.6 is 11.6 Å². The monoisotopic (exact) mass is 193 g/mol. The van der Waals surface area contributed by atoms with Gasteiger partial charge in [-0.05, 0) is 17.7 Å². The number of nitrogens with zero attached hydrogens (tertiary/aromatic N) is 1. The van der Waals surface area contributed by atoms with Gasteiger partial charge >= 0.3 is 0 Å². The third-order valence-corrected chi connectivity index (χ3v) is 1.56. The van der Waals surface area contributed by atoms with E-state index < -0.39 is 0 Å². The Morgan fingerprint density at radius 2 is 2.08 bits per heavy atom. The Kier molecular flexibility index (Phi) is 3.93. The van der Waals surface area contributed by atoms with Crippen LogP contribution in [0.25, 0.3) is 6.08 Å². The molecule has 3 heteroatoms. The Labute approximate surface area is 81.6 Å². The molecule has 0 spiro atoms. The van der Waals surface area contributed by atoms with Crippen molar-refractivity contribution in [2.75, 3.05) is 0 Å². The minimum absolute atomic E-state index is 0.473. The third kappa shape index (κ3) is 3.67. The highest BCUT2D eigenvalue weighted by molar-refractivity contribution is 6.29. The summed E-state index contributed by atoms with van der Waals surface area (Å²) in [7, 11) is 0. The van der Waals surface area contributed by atoms with Gasteiger partial charge in [0.1, 0.15) is 11.4 Å². The van der Waals surface area contributed by atoms with Gasteiger partial charge in [0, 0.05) is 6.20 Å². The van der Waals surface area contributed by atoms with E-state index in [0.29, 0.717) is 5.15 Å². The number of carbonyl (C=O) groups is 1. The summed E-state index contributed by atoms with van der Waals surface area (Å²) in [5.41, 5.74) is 0.944. The number of pyridine rings is 1. The van der Waals surface area contributed by atoms with E-state index in [2.05, 4.69) is 4.98 Å². The van der Waals surface area contributed by atoms with Crippen molar-refractivity contribution < 1.29 is 4.79 Å². The summed E-state index contributed by atoms with van der Waals surface area (Å²) >= 11 is 5.60. The normalized spacial score (nSPS) is 11.2. The summed E-state index contributed by atoms with van der Waals surface area (Å²) in [4.78, 5) is 13.8. The number of halogens is 1. The maximum absolute atomic E-state index is 9.91. The summed E-state index contributed by atoms with van der Waals surface area (Å²) in [6.07, 6.45) is 9.06. The molecule has 0 fully saturated rings. The fraction of sp³-hybridized carbons (Fsp3) is 0. The predicted molar refractivity (Wildman–Crippen MR) is 53.5 cm³/mol. The standard InChI is InChI=1S/C10H8ClNO/c11-10-6-5-9(8-12-10)4-2-1-3-7-13/h1-8H/b3-1+,4-2+. The van der Waals surface area contributed by atoms with Crippen LogP contribution in [0.15, 0.2) is 36.6 Å². The summed E-state index contributed by atoms with van der Waals surface area (Å²) in [6.45, 7) is 0. The zero-order valence-corrected chi connectivity index (χ0v) is 7.61. The van der Waals surface area contributed by atoms with Crippen molar-refractivity contribution in [1.82, 2.24) is 4.98 Å². The molecule has 1 heterocycles. The van der Waals surface area contributed by atoms with E-state index in [1.165, 1.54) is 6.08 Å². The van der Waals surface area contributed by atoms with E-state index in [1.54, 1.807) is 24.4 Å². The molecule has 0 radical (unpaired) electrons. The van der Waals surface area contributed by atoms with Crippen LogP contribution in [0.2, 0.25) is 5.15 Å². The lowest BCUT2D eigenvalue weighted by Crippen LogP contribution is -1.75. The molecule has 1 rings (SSSR count). The molecule has 2 nitrogen and oxygen atoms in total. The Morgan fingerprint density at radius 3 is 2.69 bits per heavy atom. The molecule has 0 aliphatic rings. The summed E-state index contributed by atoms with van der Waals surface area (Å²) < 4.78 is 0. The van der Waals surface area contributed by atoms with Crippen LogP contribution in [0.1, 0.15) is 5.56 Å². The van der Waals surface area contributed by atoms with Crippen molar-refractivity contribution in [3.8, 4) is 0 Å². The molecule has 0 unspecified atom stereocenters. The maximum Gasteiger partial charge on any atom is 0.142 e. The van der Waals surface area contributed by atoms with Crippen molar-refractivity contribution >= 4 is 24.0 Å². The molecule has 0 saturated carbocycles. The van der Waals surface area contributed by atoms with Gasteiger partial charge in [-0.1, -0.05) is 35.9 Å². The van der Waals surface area contributed by atoms with Gasteiger partial charge in [0.2, 0.25) is 0 Å². The molecule has 0 aliphatic heterocycles. The van der Waals surface area contributed by atoms with Gasteiger partial charge in [0.15, 0.2) is 0 Å². The Bertz CT molecular complexity index is 327. The predicted octanol–water partition coefficient (Wildman–Crippen LogP) is 2.50. The summed E-state index contributed by atoms with van der Waals surface area (Å²) in [5, 5.41) is 0.473. The fourth-order valence-electron chi connectivity index (χ4n) is 0.762. The number of rotatable bonds is 3. The molecule has 0 aromatic carbocycles. The lowest BCUT2D eigenvalue weighted by molar-refractivity contribution is -0.104. The Hall–Kier alpha value is -1.41. The highest BCUT2D eigenvalue weighted by Crippen LogP contribution is 2.06. The van der Waals surface area contributed by atoms with Gasteiger partial charge in [-0.2, -0.15) is 0 Å². The average Bonchev–Trinajstić information content (AvgIpc) is 2.15. The molecule has 0 saturated heterocycles. The summed E-state index contributed by atoms with van der Waals surface area (Å²) in [5.74, 6) is 0. The van der Waals surface area contributed by atoms with Crippen molar-refractivity contribution in [3.05, 3.63) is 47.3 Å². The number of carbonyl (C=O) groups excluding carboxylic acids is 1. The SMILES string of the molecule is O=C/C=C/C=C/c1ccc(Cl)nc1. The van der Waals surface area contributed by atoms with Crippen LogP contribution in [0.3, 0.4) is 0 Å². The van der Waals surface area contributed by atoms with Crippen LogP contribution in [0, 0.1) is 0 Å². The first-order valence-electron chi connectivity index (χ1n) is 3.73. The number of hydrogen-bond donors (Lipinski definition) is 0. The number of aldehydes is 1. The Morgan fingerprint density at radius 1 is 1.23 bits per heavy atom. The van der Waals surface area contributed by atoms with E-state index in [9.17, 15) is 4.79 Å². The zero-order chi connectivity index (χ0) is 9.52. The molecule has 1 aromatic rings. The minimum Gasteiger partial charge on any atom is -0.299 e. The second kappa shape index (κ2) is 5.27. The van der Waals surface area contributed by atoms with E-state index >= 15 is 0 Å². The van der Waals surface area contributed by atoms with E-state index in [1.807, 2.05) is 12.1 Å². The largest absolute Gasteiger partial charge is 0.299 e. The van der Waals surface area contributed by atoms with Gasteiger partial charge in [-0.3, -0.25) is 4.79 Å². The first-order chi connectivity index (χ1) is 6.33. The molecule has 0 amide bonds. The van der Waals surface area contributed by atoms with E-state index in [-0.39, 0.29) is 0 Å². The van der Waals surface area contributed by atoms with Gasteiger partial charge in [-0.25, -0.2) is 4.98 Å². The van der Waals surface area contributed by atoms with Crippen LogP contribution in [0.4, 0.5) is 0 Å². The quantitative estimate of drug-likeness (QED) is 0.320. The molecule has 66 valence electrons. The van der Waals surface area contributed by atoms with Gasteiger partial charge < -0.3 is 0 Å². The van der Waals surface area contributed by atoms with Crippen molar-refractivity contribution in [2.45, 2.75) is 0 Å². The van der Waals surface area contributed by atoms with E-state index in [4.69, 9.17) is 11.6 Å². The van der Waals surface area contributed by atoms with E-state index in [0.717, 1.165) is 11.8 Å². The third-order valence-electron chi connectivity index (χ3n) is 1.34. The second-order valence-corrected chi connectivity index (χ2v) is 2.68. The topological polar surface area (TPSA) is 30.0 Å². The van der Waals surface area contributed by atoms with Gasteiger partial charge in [0.25, 0.3) is 0 Å². The zero-order valence-electron chi connectivity index (χ0n) is 6.85. The minimum atomic E-state index is 0.473. The highest BCUT2D eigenvalue weighted by Gasteiger charge is 1.86. The molecule has 0 atom stereocenters. The second-order valence-electron chi connectivity index (χ2n) is 2.29. The van der Waals surface area contributed by atoms with Crippen LogP contribution < -0.4 is 0 Å². The van der Waals surface area contributed by atoms with Crippen LogP contribution in [-0.2, 0) is 4.79 Å². The maximum atomic E-state index is 9.91. The number of allylic oxidation sites excluding steroid dienone is 3. The fourth-order valence-corrected chi connectivity index (χ4v) is 0.874. The molecular weight excluding hydrogens is 186 g/mol.